The molecule has 1 aromatic carbocycles. The van der Waals surface area contributed by atoms with Gasteiger partial charge in [0.1, 0.15) is 0 Å². The molecule has 0 heteroatoms. The lowest BCUT2D eigenvalue weighted by atomic mass is 9.77. The molecular weight excluding hydrogens is 228 g/mol. The molecule has 0 atom stereocenters. The van der Waals surface area contributed by atoms with Crippen molar-refractivity contribution in [2.24, 2.45) is 11.8 Å². The second kappa shape index (κ2) is 5.53. The summed E-state index contributed by atoms with van der Waals surface area (Å²) in [5, 5.41) is 0. The molecule has 0 nitrogen and oxygen atoms in total. The highest BCUT2D eigenvalue weighted by atomic mass is 14.3. The Morgan fingerprint density at radius 2 is 1.47 bits per heavy atom. The van der Waals surface area contributed by atoms with Gasteiger partial charge >= 0.3 is 0 Å². The van der Waals surface area contributed by atoms with Crippen LogP contribution >= 0.6 is 0 Å². The summed E-state index contributed by atoms with van der Waals surface area (Å²) >= 11 is 0. The Hall–Kier alpha value is -1.04. The van der Waals surface area contributed by atoms with Gasteiger partial charge in [-0.15, -0.1) is 0 Å². The van der Waals surface area contributed by atoms with Gasteiger partial charge in [-0.05, 0) is 81.8 Å². The molecule has 19 heavy (non-hydrogen) atoms. The molecule has 1 saturated carbocycles. The lowest BCUT2D eigenvalue weighted by Gasteiger charge is -2.28. The Morgan fingerprint density at radius 1 is 0.895 bits per heavy atom. The van der Waals surface area contributed by atoms with E-state index in [4.69, 9.17) is 0 Å². The van der Waals surface area contributed by atoms with E-state index < -0.39 is 0 Å². The molecule has 2 aliphatic rings. The number of aryl methyl sites for hydroxylation is 1. The lowest BCUT2D eigenvalue weighted by molar-refractivity contribution is 0.273. The molecular formula is C19H26. The normalized spacial score (nSPS) is 26.6. The maximum absolute atomic E-state index is 2.32. The van der Waals surface area contributed by atoms with Crippen LogP contribution in [0.1, 0.15) is 56.6 Å². The molecule has 0 saturated heterocycles. The fraction of sp³-hybridized carbons (Fsp3) is 0.579. The molecule has 0 unspecified atom stereocenters. The standard InChI is InChI=1S/C19H26/c1-14-5-3-4-6-18(14)12-16-7-9-17(10-8-16)13-19-11-15(19)2/h3-6,16-17H,7-13H2,1-2H3. The van der Waals surface area contributed by atoms with Gasteiger partial charge in [-0.1, -0.05) is 35.4 Å². The summed E-state index contributed by atoms with van der Waals surface area (Å²) in [4.78, 5) is 0. The van der Waals surface area contributed by atoms with Crippen LogP contribution in [0.2, 0.25) is 0 Å². The summed E-state index contributed by atoms with van der Waals surface area (Å²) < 4.78 is 0. The van der Waals surface area contributed by atoms with Crippen molar-refractivity contribution in [3.63, 3.8) is 0 Å². The predicted octanol–water partition coefficient (Wildman–Crippen LogP) is 5.45. The first kappa shape index (κ1) is 13.0. The number of rotatable bonds is 4. The summed E-state index contributed by atoms with van der Waals surface area (Å²) in [6, 6.07) is 8.92. The van der Waals surface area contributed by atoms with Gasteiger partial charge in [0.05, 0.1) is 0 Å². The Balaban J connectivity index is 1.49. The van der Waals surface area contributed by atoms with E-state index in [1.165, 1.54) is 50.5 Å². The molecule has 0 aromatic heterocycles. The molecule has 0 amide bonds. The van der Waals surface area contributed by atoms with Gasteiger partial charge in [-0.3, -0.25) is 0 Å². The van der Waals surface area contributed by atoms with Crippen LogP contribution in [0.3, 0.4) is 0 Å². The molecule has 3 rings (SSSR count). The van der Waals surface area contributed by atoms with Crippen LogP contribution < -0.4 is 0 Å². The fourth-order valence-corrected chi connectivity index (χ4v) is 3.66. The molecule has 1 aromatic rings. The van der Waals surface area contributed by atoms with E-state index in [1.54, 1.807) is 16.7 Å². The van der Waals surface area contributed by atoms with Crippen LogP contribution in [0.15, 0.2) is 35.4 Å². The van der Waals surface area contributed by atoms with Gasteiger partial charge in [0, 0.05) is 0 Å². The van der Waals surface area contributed by atoms with E-state index in [2.05, 4.69) is 38.1 Å². The third-order valence-electron chi connectivity index (χ3n) is 5.23. The van der Waals surface area contributed by atoms with Crippen molar-refractivity contribution in [1.82, 2.24) is 0 Å². The van der Waals surface area contributed by atoms with E-state index in [1.807, 2.05) is 0 Å². The van der Waals surface area contributed by atoms with Crippen molar-refractivity contribution in [3.8, 4) is 0 Å². The van der Waals surface area contributed by atoms with E-state index in [9.17, 15) is 0 Å². The van der Waals surface area contributed by atoms with E-state index >= 15 is 0 Å². The highest BCUT2D eigenvalue weighted by Crippen LogP contribution is 2.41. The van der Waals surface area contributed by atoms with Crippen LogP contribution in [-0.4, -0.2) is 0 Å². The number of allylic oxidation sites excluding steroid dienone is 2. The van der Waals surface area contributed by atoms with Crippen molar-refractivity contribution in [3.05, 3.63) is 46.5 Å². The van der Waals surface area contributed by atoms with Gasteiger partial charge < -0.3 is 0 Å². The average molecular weight is 254 g/mol. The number of benzene rings is 1. The number of hydrogen-bond donors (Lipinski definition) is 0. The van der Waals surface area contributed by atoms with Gasteiger partial charge in [0.25, 0.3) is 0 Å². The highest BCUT2D eigenvalue weighted by molar-refractivity contribution is 5.33. The van der Waals surface area contributed by atoms with Crippen molar-refractivity contribution in [2.75, 3.05) is 0 Å². The minimum atomic E-state index is 0.937. The maximum Gasteiger partial charge on any atom is -0.0106 e. The first-order chi connectivity index (χ1) is 9.22. The third kappa shape index (κ3) is 3.29. The topological polar surface area (TPSA) is 0 Å². The molecule has 0 aliphatic heterocycles. The average Bonchev–Trinajstić information content (AvgIpc) is 3.10. The lowest BCUT2D eigenvalue weighted by Crippen LogP contribution is -2.16. The Bertz CT molecular complexity index is 473. The second-order valence-corrected chi connectivity index (χ2v) is 6.78. The SMILES string of the molecule is CC1=C(CC2CCC(Cc3ccccc3C)CC2)C1. The Kier molecular flexibility index (Phi) is 3.77. The predicted molar refractivity (Wildman–Crippen MR) is 82.3 cm³/mol. The van der Waals surface area contributed by atoms with Crippen molar-refractivity contribution in [1.29, 1.82) is 0 Å². The summed E-state index contributed by atoms with van der Waals surface area (Å²) in [7, 11) is 0. The molecule has 0 radical (unpaired) electrons. The Labute approximate surface area is 117 Å². The van der Waals surface area contributed by atoms with Crippen molar-refractivity contribution >= 4 is 0 Å². The summed E-state index contributed by atoms with van der Waals surface area (Å²) in [6.07, 6.45) is 9.91. The summed E-state index contributed by atoms with van der Waals surface area (Å²) in [6.45, 7) is 4.56. The molecule has 0 spiro atoms. The first-order valence-electron chi connectivity index (χ1n) is 7.94. The molecule has 0 bridgehead atoms. The van der Waals surface area contributed by atoms with Gasteiger partial charge in [0.2, 0.25) is 0 Å². The van der Waals surface area contributed by atoms with Crippen LogP contribution in [0, 0.1) is 18.8 Å². The zero-order chi connectivity index (χ0) is 13.2. The summed E-state index contributed by atoms with van der Waals surface area (Å²) in [5.41, 5.74) is 6.51. The molecule has 2 aliphatic carbocycles. The highest BCUT2D eigenvalue weighted by Gasteiger charge is 2.25. The zero-order valence-corrected chi connectivity index (χ0v) is 12.4. The quantitative estimate of drug-likeness (QED) is 0.626. The van der Waals surface area contributed by atoms with E-state index in [-0.39, 0.29) is 0 Å². The largest absolute Gasteiger partial charge is 0.0697 e. The van der Waals surface area contributed by atoms with Gasteiger partial charge in [0.15, 0.2) is 0 Å². The Morgan fingerprint density at radius 3 is 2.05 bits per heavy atom. The minimum Gasteiger partial charge on any atom is -0.0697 e. The van der Waals surface area contributed by atoms with E-state index in [0.717, 1.165) is 11.8 Å². The van der Waals surface area contributed by atoms with Crippen molar-refractivity contribution < 1.29 is 0 Å². The van der Waals surface area contributed by atoms with Crippen LogP contribution in [0.25, 0.3) is 0 Å². The molecule has 0 heterocycles. The molecule has 1 fully saturated rings. The van der Waals surface area contributed by atoms with Gasteiger partial charge in [-0.2, -0.15) is 0 Å². The maximum atomic E-state index is 2.32. The van der Waals surface area contributed by atoms with Crippen LogP contribution in [-0.2, 0) is 6.42 Å². The minimum absolute atomic E-state index is 0.937. The second-order valence-electron chi connectivity index (χ2n) is 6.78. The van der Waals surface area contributed by atoms with E-state index in [0.29, 0.717) is 0 Å². The monoisotopic (exact) mass is 254 g/mol. The fourth-order valence-electron chi connectivity index (χ4n) is 3.66. The smallest absolute Gasteiger partial charge is 0.0106 e. The third-order valence-corrected chi connectivity index (χ3v) is 5.23. The summed E-state index contributed by atoms with van der Waals surface area (Å²) in [5.74, 6) is 1.94. The van der Waals surface area contributed by atoms with Gasteiger partial charge in [-0.25, -0.2) is 0 Å². The van der Waals surface area contributed by atoms with Crippen LogP contribution in [0.5, 0.6) is 0 Å². The first-order valence-corrected chi connectivity index (χ1v) is 7.94. The molecule has 0 N–H and O–H groups in total. The van der Waals surface area contributed by atoms with Crippen LogP contribution in [0.4, 0.5) is 0 Å². The van der Waals surface area contributed by atoms with Crippen molar-refractivity contribution in [2.45, 2.75) is 58.8 Å². The number of hydrogen-bond acceptors (Lipinski definition) is 0. The zero-order valence-electron chi connectivity index (χ0n) is 12.4. The molecule has 102 valence electrons.